The van der Waals surface area contributed by atoms with Gasteiger partial charge >= 0.3 is 0 Å². The first-order valence-corrected chi connectivity index (χ1v) is 8.46. The van der Waals surface area contributed by atoms with E-state index in [9.17, 15) is 0 Å². The van der Waals surface area contributed by atoms with Gasteiger partial charge < -0.3 is 5.32 Å². The van der Waals surface area contributed by atoms with E-state index < -0.39 is 0 Å². The first-order chi connectivity index (χ1) is 9.59. The van der Waals surface area contributed by atoms with E-state index in [1.165, 1.54) is 11.1 Å². The second-order valence-electron chi connectivity index (χ2n) is 5.31. The minimum Gasteiger partial charge on any atom is -0.315 e. The number of rotatable bonds is 3. The largest absolute Gasteiger partial charge is 0.315 e. The topological polar surface area (TPSA) is 12.0 Å². The van der Waals surface area contributed by atoms with Crippen LogP contribution in [0, 0.1) is 0 Å². The lowest BCUT2D eigenvalue weighted by Gasteiger charge is -2.43. The van der Waals surface area contributed by atoms with Crippen LogP contribution in [0.15, 0.2) is 51.4 Å². The number of halogens is 3. The highest BCUT2D eigenvalue weighted by atomic mass is 79.9. The van der Waals surface area contributed by atoms with E-state index in [0.717, 1.165) is 33.5 Å². The minimum absolute atomic E-state index is 0.154. The molecule has 3 rings (SSSR count). The van der Waals surface area contributed by atoms with E-state index in [4.69, 9.17) is 11.6 Å². The fraction of sp³-hybridized carbons (Fsp3) is 0.250. The molecule has 0 aliphatic carbocycles. The van der Waals surface area contributed by atoms with Gasteiger partial charge in [0.2, 0.25) is 0 Å². The molecule has 104 valence electrons. The minimum atomic E-state index is 0.154. The Morgan fingerprint density at radius 1 is 1.05 bits per heavy atom. The summed E-state index contributed by atoms with van der Waals surface area (Å²) >= 11 is 13.4. The van der Waals surface area contributed by atoms with Gasteiger partial charge in [-0.05, 0) is 41.8 Å². The van der Waals surface area contributed by atoms with Crippen LogP contribution in [-0.2, 0) is 11.8 Å². The van der Waals surface area contributed by atoms with Crippen LogP contribution in [0.25, 0.3) is 0 Å². The average molecular weight is 416 g/mol. The third-order valence-corrected chi connectivity index (χ3v) is 5.25. The van der Waals surface area contributed by atoms with Crippen LogP contribution in [0.4, 0.5) is 0 Å². The summed E-state index contributed by atoms with van der Waals surface area (Å²) in [4.78, 5) is 0. The highest BCUT2D eigenvalue weighted by Gasteiger charge is 2.39. The summed E-state index contributed by atoms with van der Waals surface area (Å²) in [5.41, 5.74) is 2.72. The molecule has 2 aromatic carbocycles. The van der Waals surface area contributed by atoms with Crippen LogP contribution < -0.4 is 5.32 Å². The molecule has 0 unspecified atom stereocenters. The lowest BCUT2D eigenvalue weighted by molar-refractivity contribution is 0.274. The Labute approximate surface area is 141 Å². The molecule has 0 aromatic heterocycles. The van der Waals surface area contributed by atoms with Gasteiger partial charge in [-0.25, -0.2) is 0 Å². The molecule has 0 bridgehead atoms. The van der Waals surface area contributed by atoms with Crippen molar-refractivity contribution < 1.29 is 0 Å². The van der Waals surface area contributed by atoms with Crippen molar-refractivity contribution in [1.29, 1.82) is 0 Å². The third-order valence-electron chi connectivity index (χ3n) is 3.91. The van der Waals surface area contributed by atoms with E-state index in [-0.39, 0.29) is 5.41 Å². The summed E-state index contributed by atoms with van der Waals surface area (Å²) in [7, 11) is 0. The number of benzene rings is 2. The van der Waals surface area contributed by atoms with Crippen LogP contribution in [0.5, 0.6) is 0 Å². The lowest BCUT2D eigenvalue weighted by Crippen LogP contribution is -2.58. The van der Waals surface area contributed by atoms with E-state index in [2.05, 4.69) is 73.6 Å². The smallest absolute Gasteiger partial charge is 0.0449 e. The molecular formula is C16H14Br2ClN. The van der Waals surface area contributed by atoms with Gasteiger partial charge in [-0.1, -0.05) is 61.7 Å². The van der Waals surface area contributed by atoms with Crippen LogP contribution in [0.3, 0.4) is 0 Å². The standard InChI is InChI=1S/C16H14Br2ClN/c17-13-3-1-2-12(6-13)16(9-20-10-16)8-11-4-5-14(18)7-15(11)19/h1-7,20H,8-10H2. The molecule has 1 saturated heterocycles. The van der Waals surface area contributed by atoms with Crippen molar-refractivity contribution in [1.82, 2.24) is 5.32 Å². The highest BCUT2D eigenvalue weighted by molar-refractivity contribution is 9.10. The average Bonchev–Trinajstić information content (AvgIpc) is 2.36. The van der Waals surface area contributed by atoms with Gasteiger partial charge in [0.25, 0.3) is 0 Å². The molecule has 0 saturated carbocycles. The van der Waals surface area contributed by atoms with Crippen molar-refractivity contribution in [2.75, 3.05) is 13.1 Å². The third kappa shape index (κ3) is 2.82. The van der Waals surface area contributed by atoms with Gasteiger partial charge in [0, 0.05) is 32.5 Å². The molecule has 0 spiro atoms. The van der Waals surface area contributed by atoms with Crippen LogP contribution in [0.1, 0.15) is 11.1 Å². The van der Waals surface area contributed by atoms with Gasteiger partial charge in [0.05, 0.1) is 0 Å². The molecule has 1 heterocycles. The van der Waals surface area contributed by atoms with Crippen LogP contribution in [0.2, 0.25) is 5.02 Å². The molecule has 1 aliphatic rings. The first-order valence-electron chi connectivity index (χ1n) is 6.50. The van der Waals surface area contributed by atoms with E-state index in [1.807, 2.05) is 6.07 Å². The second-order valence-corrected chi connectivity index (χ2v) is 7.55. The zero-order valence-electron chi connectivity index (χ0n) is 10.8. The fourth-order valence-electron chi connectivity index (χ4n) is 2.71. The Morgan fingerprint density at radius 3 is 2.40 bits per heavy atom. The van der Waals surface area contributed by atoms with Crippen LogP contribution in [-0.4, -0.2) is 13.1 Å². The van der Waals surface area contributed by atoms with Gasteiger partial charge in [0.15, 0.2) is 0 Å². The molecule has 1 nitrogen and oxygen atoms in total. The number of nitrogens with one attached hydrogen (secondary N) is 1. The molecule has 2 aromatic rings. The second kappa shape index (κ2) is 5.80. The lowest BCUT2D eigenvalue weighted by atomic mass is 9.71. The maximum Gasteiger partial charge on any atom is 0.0449 e. The summed E-state index contributed by atoms with van der Waals surface area (Å²) in [5.74, 6) is 0. The Kier molecular flexibility index (Phi) is 4.23. The molecule has 20 heavy (non-hydrogen) atoms. The fourth-order valence-corrected chi connectivity index (χ4v) is 3.85. The van der Waals surface area contributed by atoms with Gasteiger partial charge in [-0.3, -0.25) is 0 Å². The zero-order chi connectivity index (χ0) is 14.2. The Morgan fingerprint density at radius 2 is 1.80 bits per heavy atom. The van der Waals surface area contributed by atoms with Crippen molar-refractivity contribution in [3.05, 3.63) is 67.6 Å². The SMILES string of the molecule is Clc1cc(Br)ccc1CC1(c2cccc(Br)c2)CNC1. The number of hydrogen-bond acceptors (Lipinski definition) is 1. The molecule has 1 fully saturated rings. The molecule has 1 N–H and O–H groups in total. The van der Waals surface area contributed by atoms with Crippen molar-refractivity contribution in [3.8, 4) is 0 Å². The predicted octanol–water partition coefficient (Wildman–Crippen LogP) is 4.95. The van der Waals surface area contributed by atoms with E-state index in [1.54, 1.807) is 0 Å². The highest BCUT2D eigenvalue weighted by Crippen LogP contribution is 2.36. The summed E-state index contributed by atoms with van der Waals surface area (Å²) in [6, 6.07) is 14.7. The molecule has 0 atom stereocenters. The Hall–Kier alpha value is -0.350. The maximum atomic E-state index is 6.38. The molecular weight excluding hydrogens is 401 g/mol. The Bertz CT molecular complexity index is 638. The monoisotopic (exact) mass is 413 g/mol. The van der Waals surface area contributed by atoms with Gasteiger partial charge in [-0.15, -0.1) is 0 Å². The number of hydrogen-bond donors (Lipinski definition) is 1. The molecule has 0 radical (unpaired) electrons. The summed E-state index contributed by atoms with van der Waals surface area (Å²) < 4.78 is 2.15. The van der Waals surface area contributed by atoms with E-state index in [0.29, 0.717) is 0 Å². The predicted molar refractivity (Wildman–Crippen MR) is 91.5 cm³/mol. The summed E-state index contributed by atoms with van der Waals surface area (Å²) in [6.45, 7) is 1.99. The Balaban J connectivity index is 1.94. The summed E-state index contributed by atoms with van der Waals surface area (Å²) in [5, 5.41) is 4.24. The summed E-state index contributed by atoms with van der Waals surface area (Å²) in [6.07, 6.45) is 0.961. The van der Waals surface area contributed by atoms with Crippen molar-refractivity contribution in [2.24, 2.45) is 0 Å². The van der Waals surface area contributed by atoms with Crippen molar-refractivity contribution in [3.63, 3.8) is 0 Å². The van der Waals surface area contributed by atoms with Crippen LogP contribution >= 0.6 is 43.5 Å². The van der Waals surface area contributed by atoms with Crippen molar-refractivity contribution >= 4 is 43.5 Å². The quantitative estimate of drug-likeness (QED) is 0.748. The normalized spacial score (nSPS) is 16.8. The van der Waals surface area contributed by atoms with Gasteiger partial charge in [0.1, 0.15) is 0 Å². The van der Waals surface area contributed by atoms with E-state index >= 15 is 0 Å². The molecule has 0 amide bonds. The van der Waals surface area contributed by atoms with Crippen molar-refractivity contribution in [2.45, 2.75) is 11.8 Å². The first kappa shape index (κ1) is 14.6. The molecule has 1 aliphatic heterocycles. The molecule has 4 heteroatoms. The maximum absolute atomic E-state index is 6.38. The van der Waals surface area contributed by atoms with Gasteiger partial charge in [-0.2, -0.15) is 0 Å². The zero-order valence-corrected chi connectivity index (χ0v) is 14.7.